The number of nitrogens with one attached hydrogen (secondary N) is 1. The minimum Gasteiger partial charge on any atom is -0.428 e. The summed E-state index contributed by atoms with van der Waals surface area (Å²) in [6.07, 6.45) is 7.74. The Morgan fingerprint density at radius 2 is 1.86 bits per heavy atom. The van der Waals surface area contributed by atoms with Gasteiger partial charge in [-0.05, 0) is 69.6 Å². The molecule has 0 saturated carbocycles. The Morgan fingerprint density at radius 3 is 2.46 bits per heavy atom. The summed E-state index contributed by atoms with van der Waals surface area (Å²) in [6.45, 7) is 7.20. The van der Waals surface area contributed by atoms with Gasteiger partial charge in [0.2, 0.25) is 0 Å². The normalized spacial score (nSPS) is 22.9. The van der Waals surface area contributed by atoms with E-state index in [1.54, 1.807) is 0 Å². The summed E-state index contributed by atoms with van der Waals surface area (Å²) in [5.41, 5.74) is 2.14. The van der Waals surface area contributed by atoms with Gasteiger partial charge in [0.1, 0.15) is 11.6 Å². The molecule has 0 spiro atoms. The molecule has 6 nitrogen and oxygen atoms in total. The molecular weight excluding hydrogens is 450 g/mol. The van der Waals surface area contributed by atoms with Crippen LogP contribution in [-0.4, -0.2) is 42.7 Å². The lowest BCUT2D eigenvalue weighted by Crippen LogP contribution is -2.56. The van der Waals surface area contributed by atoms with Gasteiger partial charge < -0.3 is 19.5 Å². The molecule has 2 bridgehead atoms. The number of carbonyl (C=O) groups excluding carboxylic acids is 1. The van der Waals surface area contributed by atoms with Gasteiger partial charge in [0.25, 0.3) is 11.9 Å². The number of aryl methyl sites for hydroxylation is 2. The number of hydrogen-bond donors (Lipinski definition) is 1. The number of benzene rings is 1. The van der Waals surface area contributed by atoms with Gasteiger partial charge in [0, 0.05) is 42.7 Å². The van der Waals surface area contributed by atoms with E-state index in [9.17, 15) is 9.18 Å². The summed E-state index contributed by atoms with van der Waals surface area (Å²) in [6, 6.07) is 4.36. The molecule has 1 N–H and O–H groups in total. The fourth-order valence-electron chi connectivity index (χ4n) is 6.31. The summed E-state index contributed by atoms with van der Waals surface area (Å²) in [5.74, 6) is -0.602. The molecule has 3 fully saturated rings. The lowest BCUT2D eigenvalue weighted by molar-refractivity contribution is 0.102. The highest BCUT2D eigenvalue weighted by Crippen LogP contribution is 2.43. The van der Waals surface area contributed by atoms with E-state index in [1.807, 2.05) is 17.9 Å². The predicted molar refractivity (Wildman–Crippen MR) is 134 cm³/mol. The first-order valence-corrected chi connectivity index (χ1v) is 13.1. The van der Waals surface area contributed by atoms with Crippen LogP contribution in [0.5, 0.6) is 0 Å². The number of nitrogens with zero attached hydrogens (tertiary/aromatic N) is 3. The van der Waals surface area contributed by atoms with Crippen LogP contribution in [0.1, 0.15) is 80.6 Å². The van der Waals surface area contributed by atoms with Crippen molar-refractivity contribution in [2.45, 2.75) is 84.2 Å². The molecule has 2 atom stereocenters. The quantitative estimate of drug-likeness (QED) is 0.493. The van der Waals surface area contributed by atoms with Gasteiger partial charge in [0.15, 0.2) is 5.69 Å². The van der Waals surface area contributed by atoms with E-state index >= 15 is 4.39 Å². The van der Waals surface area contributed by atoms with E-state index in [4.69, 9.17) is 4.42 Å². The van der Waals surface area contributed by atoms with Crippen molar-refractivity contribution in [3.05, 3.63) is 35.0 Å². The van der Waals surface area contributed by atoms with Crippen molar-refractivity contribution in [1.29, 1.82) is 0 Å². The molecule has 35 heavy (non-hydrogen) atoms. The van der Waals surface area contributed by atoms with Gasteiger partial charge in [-0.3, -0.25) is 9.18 Å². The van der Waals surface area contributed by atoms with Crippen LogP contribution in [0.15, 0.2) is 16.5 Å². The number of aromatic nitrogens is 1. The average molecular weight is 487 g/mol. The van der Waals surface area contributed by atoms with Crippen LogP contribution >= 0.6 is 0 Å². The van der Waals surface area contributed by atoms with Crippen LogP contribution in [0.2, 0.25) is 0 Å². The first-order valence-electron chi connectivity index (χ1n) is 13.1. The van der Waals surface area contributed by atoms with E-state index in [2.05, 4.69) is 29.0 Å². The Labute approximate surface area is 206 Å². The van der Waals surface area contributed by atoms with Crippen molar-refractivity contribution >= 4 is 23.3 Å². The zero-order valence-electron chi connectivity index (χ0n) is 21.0. The highest BCUT2D eigenvalue weighted by Gasteiger charge is 2.42. The Balaban J connectivity index is 1.34. The van der Waals surface area contributed by atoms with Crippen molar-refractivity contribution in [3.63, 3.8) is 0 Å². The third-order valence-electron chi connectivity index (χ3n) is 8.51. The SMILES string of the molecule is CCC1(CC)CN(c2nc(C(=O)Nc3cc(C)c(N4C5CCCC4CC5)c(F)c3)c(CCF)o2)C1. The molecule has 1 amide bonds. The molecule has 2 unspecified atom stereocenters. The monoisotopic (exact) mass is 486 g/mol. The van der Waals surface area contributed by atoms with Gasteiger partial charge in [0.05, 0.1) is 12.4 Å². The highest BCUT2D eigenvalue weighted by atomic mass is 19.1. The zero-order chi connectivity index (χ0) is 24.7. The second kappa shape index (κ2) is 9.43. The third kappa shape index (κ3) is 4.29. The van der Waals surface area contributed by atoms with Crippen LogP contribution in [0.3, 0.4) is 0 Å². The fourth-order valence-corrected chi connectivity index (χ4v) is 6.31. The van der Waals surface area contributed by atoms with Crippen LogP contribution in [0, 0.1) is 18.2 Å². The molecule has 2 aromatic rings. The minimum absolute atomic E-state index is 0.0274. The third-order valence-corrected chi connectivity index (χ3v) is 8.51. The summed E-state index contributed by atoms with van der Waals surface area (Å²) in [7, 11) is 0. The number of hydrogen-bond acceptors (Lipinski definition) is 5. The maximum Gasteiger partial charge on any atom is 0.298 e. The number of oxazole rings is 1. The fraction of sp³-hybridized carbons (Fsp3) is 0.630. The van der Waals surface area contributed by atoms with Crippen molar-refractivity contribution < 1.29 is 18.0 Å². The Bertz CT molecular complexity index is 1050. The molecule has 4 heterocycles. The number of carbonyl (C=O) groups is 1. The lowest BCUT2D eigenvalue weighted by atomic mass is 9.75. The summed E-state index contributed by atoms with van der Waals surface area (Å²) < 4.78 is 34.3. The van der Waals surface area contributed by atoms with Gasteiger partial charge in [-0.1, -0.05) is 13.8 Å². The zero-order valence-corrected chi connectivity index (χ0v) is 21.0. The molecule has 8 heteroatoms. The Kier molecular flexibility index (Phi) is 6.49. The summed E-state index contributed by atoms with van der Waals surface area (Å²) in [5, 5.41) is 2.77. The first kappa shape index (κ1) is 24.1. The highest BCUT2D eigenvalue weighted by molar-refractivity contribution is 6.04. The lowest BCUT2D eigenvalue weighted by Gasteiger charge is -2.48. The average Bonchev–Trinajstić information content (AvgIpc) is 3.30. The molecule has 0 radical (unpaired) electrons. The molecule has 1 aromatic heterocycles. The van der Waals surface area contributed by atoms with Crippen LogP contribution in [-0.2, 0) is 6.42 Å². The van der Waals surface area contributed by atoms with Crippen LogP contribution in [0.4, 0.5) is 26.2 Å². The van der Waals surface area contributed by atoms with E-state index in [0.717, 1.165) is 57.2 Å². The maximum atomic E-state index is 15.3. The van der Waals surface area contributed by atoms with Gasteiger partial charge in [-0.15, -0.1) is 0 Å². The van der Waals surface area contributed by atoms with Gasteiger partial charge in [-0.25, -0.2) is 4.39 Å². The standard InChI is InChI=1S/C27H36F2N4O2/c1-4-27(5-2)15-32(16-27)26-31-23(22(35-26)11-12-28)25(34)30-18-13-17(3)24(21(29)14-18)33-19-7-6-8-20(33)10-9-19/h13-14,19-20H,4-12,15-16H2,1-3H3,(H,30,34). The maximum absolute atomic E-state index is 15.3. The first-order chi connectivity index (χ1) is 16.9. The smallest absolute Gasteiger partial charge is 0.298 e. The molecule has 3 aliphatic rings. The predicted octanol–water partition coefficient (Wildman–Crippen LogP) is 6.03. The number of amides is 1. The molecule has 3 saturated heterocycles. The van der Waals surface area contributed by atoms with Crippen LogP contribution in [0.25, 0.3) is 0 Å². The van der Waals surface area contributed by atoms with E-state index < -0.39 is 12.6 Å². The van der Waals surface area contributed by atoms with Gasteiger partial charge in [-0.2, -0.15) is 4.98 Å². The van der Waals surface area contributed by atoms with E-state index in [1.165, 1.54) is 12.5 Å². The second-order valence-corrected chi connectivity index (χ2v) is 10.6. The molecule has 0 aliphatic carbocycles. The second-order valence-electron chi connectivity index (χ2n) is 10.6. The number of fused-ring (bicyclic) bond motifs is 2. The van der Waals surface area contributed by atoms with Crippen molar-refractivity contribution in [2.24, 2.45) is 5.41 Å². The van der Waals surface area contributed by atoms with Crippen LogP contribution < -0.4 is 15.1 Å². The van der Waals surface area contributed by atoms with Gasteiger partial charge >= 0.3 is 0 Å². The number of halogens is 2. The molecule has 1 aromatic carbocycles. The van der Waals surface area contributed by atoms with Crippen molar-refractivity contribution in [1.82, 2.24) is 4.98 Å². The summed E-state index contributed by atoms with van der Waals surface area (Å²) >= 11 is 0. The van der Waals surface area contributed by atoms with Crippen molar-refractivity contribution in [3.8, 4) is 0 Å². The number of anilines is 3. The Hall–Kier alpha value is -2.64. The number of alkyl halides is 1. The summed E-state index contributed by atoms with van der Waals surface area (Å²) in [4.78, 5) is 21.8. The van der Waals surface area contributed by atoms with E-state index in [-0.39, 0.29) is 29.1 Å². The Morgan fingerprint density at radius 1 is 1.17 bits per heavy atom. The minimum atomic E-state index is -0.649. The molecule has 190 valence electrons. The molecular formula is C27H36F2N4O2. The largest absolute Gasteiger partial charge is 0.428 e. The van der Waals surface area contributed by atoms with Crippen molar-refractivity contribution in [2.75, 3.05) is 34.9 Å². The number of piperidine rings is 1. The topological polar surface area (TPSA) is 61.6 Å². The molecule has 5 rings (SSSR count). The number of rotatable bonds is 8. The molecule has 3 aliphatic heterocycles. The van der Waals surface area contributed by atoms with E-state index in [0.29, 0.717) is 29.5 Å².